The Morgan fingerprint density at radius 2 is 2.00 bits per heavy atom. The number of hydrogen-bond donors (Lipinski definition) is 3. The summed E-state index contributed by atoms with van der Waals surface area (Å²) in [6.45, 7) is 0.632. The van der Waals surface area contributed by atoms with Gasteiger partial charge in [0.1, 0.15) is 0 Å². The van der Waals surface area contributed by atoms with Gasteiger partial charge >= 0.3 is 0 Å². The van der Waals surface area contributed by atoms with Crippen LogP contribution in [-0.2, 0) is 4.79 Å². The number of nitrogens with two attached hydrogens (primary N) is 1. The Labute approximate surface area is 117 Å². The number of carbonyl (C=O) groups is 1. The minimum atomic E-state index is 0.126. The molecule has 1 aliphatic rings. The van der Waals surface area contributed by atoms with Gasteiger partial charge in [0.2, 0.25) is 23.8 Å². The molecule has 2 heterocycles. The van der Waals surface area contributed by atoms with E-state index in [0.29, 0.717) is 30.8 Å². The number of nitrogen functional groups attached to an aromatic ring is 1. The summed E-state index contributed by atoms with van der Waals surface area (Å²) in [7, 11) is 5.47. The average Bonchev–Trinajstić information content (AvgIpc) is 2.42. The number of nitrogens with one attached hydrogen (secondary N) is 2. The molecule has 0 spiro atoms. The molecule has 0 radical (unpaired) electrons. The van der Waals surface area contributed by atoms with E-state index >= 15 is 0 Å². The summed E-state index contributed by atoms with van der Waals surface area (Å²) in [5.74, 6) is 6.78. The number of hydrazine groups is 1. The molecule has 0 saturated carbocycles. The average molecular weight is 280 g/mol. The molecule has 0 aromatic carbocycles. The zero-order chi connectivity index (χ0) is 14.7. The van der Waals surface area contributed by atoms with Crippen LogP contribution in [0.1, 0.15) is 12.8 Å². The maximum Gasteiger partial charge on any atom is 0.243 e. The fourth-order valence-corrected chi connectivity index (χ4v) is 2.01. The van der Waals surface area contributed by atoms with Crippen LogP contribution in [0, 0.1) is 0 Å². The summed E-state index contributed by atoms with van der Waals surface area (Å²) in [5, 5.41) is 3.22. The van der Waals surface area contributed by atoms with Crippen LogP contribution in [-0.4, -0.2) is 59.5 Å². The number of hydrogen-bond acceptors (Lipinski definition) is 8. The van der Waals surface area contributed by atoms with Crippen LogP contribution in [0.2, 0.25) is 0 Å². The molecule has 1 fully saturated rings. The van der Waals surface area contributed by atoms with Gasteiger partial charge < -0.3 is 15.1 Å². The van der Waals surface area contributed by atoms with E-state index in [1.165, 1.54) is 0 Å². The van der Waals surface area contributed by atoms with Gasteiger partial charge in [-0.3, -0.25) is 10.2 Å². The number of likely N-dealkylation sites (tertiary alicyclic amines) is 1. The number of piperidine rings is 1. The first kappa shape index (κ1) is 14.3. The maximum atomic E-state index is 11.5. The summed E-state index contributed by atoms with van der Waals surface area (Å²) in [6.07, 6.45) is 1.29. The molecule has 1 aliphatic heterocycles. The number of rotatable bonds is 4. The molecule has 1 amide bonds. The highest BCUT2D eigenvalue weighted by molar-refractivity contribution is 5.76. The molecule has 2 rings (SSSR count). The third kappa shape index (κ3) is 3.23. The number of anilines is 3. The molecule has 4 N–H and O–H groups in total. The summed E-state index contributed by atoms with van der Waals surface area (Å²) >= 11 is 0. The second-order valence-electron chi connectivity index (χ2n) is 4.98. The van der Waals surface area contributed by atoms with Crippen molar-refractivity contribution in [3.63, 3.8) is 0 Å². The predicted octanol–water partition coefficient (Wildman–Crippen LogP) is -0.744. The first-order valence-electron chi connectivity index (χ1n) is 6.40. The van der Waals surface area contributed by atoms with Gasteiger partial charge in [0.05, 0.1) is 0 Å². The van der Waals surface area contributed by atoms with Crippen molar-refractivity contribution in [1.82, 2.24) is 19.9 Å². The van der Waals surface area contributed by atoms with E-state index in [-0.39, 0.29) is 11.9 Å². The highest BCUT2D eigenvalue weighted by Gasteiger charge is 2.23. The monoisotopic (exact) mass is 280 g/mol. The molecule has 9 heteroatoms. The summed E-state index contributed by atoms with van der Waals surface area (Å²) < 4.78 is 0. The van der Waals surface area contributed by atoms with Crippen molar-refractivity contribution in [3.05, 3.63) is 0 Å². The van der Waals surface area contributed by atoms with Gasteiger partial charge in [-0.05, 0) is 6.42 Å². The number of carbonyl (C=O) groups excluding carboxylic acids is 1. The van der Waals surface area contributed by atoms with Crippen LogP contribution in [0.4, 0.5) is 17.8 Å². The van der Waals surface area contributed by atoms with Crippen LogP contribution < -0.4 is 21.5 Å². The van der Waals surface area contributed by atoms with Crippen LogP contribution in [0.5, 0.6) is 0 Å². The highest BCUT2D eigenvalue weighted by atomic mass is 16.2. The van der Waals surface area contributed by atoms with E-state index in [9.17, 15) is 4.79 Å². The first-order valence-corrected chi connectivity index (χ1v) is 6.40. The van der Waals surface area contributed by atoms with Crippen molar-refractivity contribution in [1.29, 1.82) is 0 Å². The van der Waals surface area contributed by atoms with Crippen molar-refractivity contribution in [2.24, 2.45) is 5.84 Å². The van der Waals surface area contributed by atoms with Gasteiger partial charge in [0.25, 0.3) is 0 Å². The largest absolute Gasteiger partial charge is 0.349 e. The highest BCUT2D eigenvalue weighted by Crippen LogP contribution is 2.16. The van der Waals surface area contributed by atoms with Crippen molar-refractivity contribution in [2.75, 3.05) is 43.3 Å². The second-order valence-corrected chi connectivity index (χ2v) is 4.98. The van der Waals surface area contributed by atoms with Crippen molar-refractivity contribution >= 4 is 23.8 Å². The van der Waals surface area contributed by atoms with Crippen molar-refractivity contribution < 1.29 is 4.79 Å². The Morgan fingerprint density at radius 3 is 2.60 bits per heavy atom. The fourth-order valence-electron chi connectivity index (χ4n) is 2.01. The lowest BCUT2D eigenvalue weighted by Crippen LogP contribution is -2.43. The normalized spacial score (nSPS) is 18.9. The fraction of sp³-hybridized carbons (Fsp3) is 0.636. The van der Waals surface area contributed by atoms with E-state index < -0.39 is 0 Å². The van der Waals surface area contributed by atoms with Gasteiger partial charge in [0, 0.05) is 40.2 Å². The lowest BCUT2D eigenvalue weighted by Gasteiger charge is -2.30. The number of nitrogens with zero attached hydrogens (tertiary/aromatic N) is 5. The maximum absolute atomic E-state index is 11.5. The summed E-state index contributed by atoms with van der Waals surface area (Å²) in [5.41, 5.74) is 2.42. The summed E-state index contributed by atoms with van der Waals surface area (Å²) in [4.78, 5) is 27.6. The Balaban J connectivity index is 2.12. The molecule has 0 aliphatic carbocycles. The van der Waals surface area contributed by atoms with Crippen LogP contribution >= 0.6 is 0 Å². The third-order valence-electron chi connectivity index (χ3n) is 3.11. The zero-order valence-electron chi connectivity index (χ0n) is 11.9. The number of likely N-dealkylation sites (N-methyl/N-ethyl adjacent to an activating group) is 1. The van der Waals surface area contributed by atoms with E-state index in [2.05, 4.69) is 25.7 Å². The second kappa shape index (κ2) is 5.87. The van der Waals surface area contributed by atoms with E-state index in [0.717, 1.165) is 6.42 Å². The molecule has 20 heavy (non-hydrogen) atoms. The molecular weight excluding hydrogens is 260 g/mol. The van der Waals surface area contributed by atoms with Gasteiger partial charge in [-0.15, -0.1) is 0 Å². The van der Waals surface area contributed by atoms with Gasteiger partial charge in [-0.2, -0.15) is 15.0 Å². The molecule has 1 aromatic rings. The standard InChI is InChI=1S/C11H20N8O/c1-18(2)11-15-9(14-10(16-11)17-12)13-7-4-5-8(20)19(3)6-7/h7H,4-6,12H2,1-3H3,(H2,13,14,15,16,17). The van der Waals surface area contributed by atoms with Crippen LogP contribution in [0.3, 0.4) is 0 Å². The lowest BCUT2D eigenvalue weighted by molar-refractivity contribution is -0.132. The zero-order valence-corrected chi connectivity index (χ0v) is 11.9. The molecule has 1 atom stereocenters. The predicted molar refractivity (Wildman–Crippen MR) is 76.2 cm³/mol. The molecular formula is C11H20N8O. The quantitative estimate of drug-likeness (QED) is 0.488. The topological polar surface area (TPSA) is 112 Å². The molecule has 0 bridgehead atoms. The molecule has 110 valence electrons. The van der Waals surface area contributed by atoms with Crippen molar-refractivity contribution in [2.45, 2.75) is 18.9 Å². The molecule has 1 saturated heterocycles. The first-order chi connectivity index (χ1) is 9.49. The SMILES string of the molecule is CN1CC(Nc2nc(NN)nc(N(C)C)n2)CCC1=O. The van der Waals surface area contributed by atoms with E-state index in [4.69, 9.17) is 5.84 Å². The Morgan fingerprint density at radius 1 is 1.30 bits per heavy atom. The van der Waals surface area contributed by atoms with Crippen LogP contribution in [0.15, 0.2) is 0 Å². The van der Waals surface area contributed by atoms with Gasteiger partial charge in [0.15, 0.2) is 0 Å². The smallest absolute Gasteiger partial charge is 0.243 e. The Hall–Kier alpha value is -2.16. The summed E-state index contributed by atoms with van der Waals surface area (Å²) in [6, 6.07) is 0.126. The third-order valence-corrected chi connectivity index (χ3v) is 3.11. The molecule has 1 aromatic heterocycles. The Kier molecular flexibility index (Phi) is 4.18. The van der Waals surface area contributed by atoms with Gasteiger partial charge in [-0.25, -0.2) is 5.84 Å². The number of aromatic nitrogens is 3. The van der Waals surface area contributed by atoms with E-state index in [1.54, 1.807) is 16.8 Å². The number of amides is 1. The van der Waals surface area contributed by atoms with Crippen molar-refractivity contribution in [3.8, 4) is 0 Å². The molecule has 9 nitrogen and oxygen atoms in total. The minimum absolute atomic E-state index is 0.126. The minimum Gasteiger partial charge on any atom is -0.349 e. The molecule has 1 unspecified atom stereocenters. The Bertz CT molecular complexity index is 491. The van der Waals surface area contributed by atoms with Crippen LogP contribution in [0.25, 0.3) is 0 Å². The lowest BCUT2D eigenvalue weighted by atomic mass is 10.1. The van der Waals surface area contributed by atoms with E-state index in [1.807, 2.05) is 14.1 Å². The van der Waals surface area contributed by atoms with Gasteiger partial charge in [-0.1, -0.05) is 0 Å².